The zero-order valence-electron chi connectivity index (χ0n) is 10.8. The first-order valence-corrected chi connectivity index (χ1v) is 5.95. The second kappa shape index (κ2) is 5.62. The van der Waals surface area contributed by atoms with E-state index in [-0.39, 0.29) is 11.7 Å². The van der Waals surface area contributed by atoms with Gasteiger partial charge >= 0.3 is 0 Å². The number of non-ortho nitro benzene ring substituents is 1. The van der Waals surface area contributed by atoms with E-state index in [0.29, 0.717) is 12.4 Å². The van der Waals surface area contributed by atoms with E-state index in [4.69, 9.17) is 4.42 Å². The third-order valence-electron chi connectivity index (χ3n) is 2.83. The van der Waals surface area contributed by atoms with Crippen LogP contribution in [0.2, 0.25) is 0 Å². The first-order chi connectivity index (χ1) is 9.06. The zero-order chi connectivity index (χ0) is 13.8. The molecule has 100 valence electrons. The highest BCUT2D eigenvalue weighted by Gasteiger charge is 2.09. The van der Waals surface area contributed by atoms with Crippen LogP contribution in [-0.2, 0) is 6.54 Å². The molecule has 0 amide bonds. The van der Waals surface area contributed by atoms with E-state index < -0.39 is 4.92 Å². The summed E-state index contributed by atoms with van der Waals surface area (Å²) in [6.07, 6.45) is 1.67. The van der Waals surface area contributed by atoms with Crippen LogP contribution in [0.15, 0.2) is 34.9 Å². The summed E-state index contributed by atoms with van der Waals surface area (Å²) in [5, 5.41) is 13.8. The summed E-state index contributed by atoms with van der Waals surface area (Å²) in [6.45, 7) is 4.35. The fourth-order valence-electron chi connectivity index (χ4n) is 1.73. The Kier molecular flexibility index (Phi) is 3.91. The Bertz CT molecular complexity index is 563. The number of nitro groups is 1. The fourth-order valence-corrected chi connectivity index (χ4v) is 1.73. The van der Waals surface area contributed by atoms with Crippen molar-refractivity contribution < 1.29 is 9.34 Å². The molecule has 0 spiro atoms. The molecule has 0 aliphatic carbocycles. The number of hydrogen-bond acceptors (Lipinski definition) is 5. The van der Waals surface area contributed by atoms with Crippen molar-refractivity contribution in [1.29, 1.82) is 0 Å². The van der Waals surface area contributed by atoms with Crippen LogP contribution >= 0.6 is 0 Å². The molecule has 6 heteroatoms. The van der Waals surface area contributed by atoms with Crippen molar-refractivity contribution in [3.8, 4) is 0 Å². The molecule has 6 nitrogen and oxygen atoms in total. The van der Waals surface area contributed by atoms with E-state index in [1.807, 2.05) is 13.8 Å². The van der Waals surface area contributed by atoms with Gasteiger partial charge in [-0.1, -0.05) is 12.1 Å². The largest absolute Gasteiger partial charge is 0.445 e. The molecule has 1 heterocycles. The molecule has 2 rings (SSSR count). The fraction of sp³-hybridized carbons (Fsp3) is 0.308. The minimum atomic E-state index is -0.405. The van der Waals surface area contributed by atoms with Gasteiger partial charge in [0.1, 0.15) is 5.76 Å². The third kappa shape index (κ3) is 3.38. The van der Waals surface area contributed by atoms with Gasteiger partial charge in [0.15, 0.2) is 0 Å². The summed E-state index contributed by atoms with van der Waals surface area (Å²) < 4.78 is 5.36. The van der Waals surface area contributed by atoms with Crippen molar-refractivity contribution in [1.82, 2.24) is 10.3 Å². The molecule has 1 aromatic carbocycles. The van der Waals surface area contributed by atoms with Gasteiger partial charge in [0.25, 0.3) is 5.69 Å². The highest BCUT2D eigenvalue weighted by Crippen LogP contribution is 2.17. The molecule has 2 aromatic rings. The number of benzene rings is 1. The van der Waals surface area contributed by atoms with Gasteiger partial charge in [-0.2, -0.15) is 0 Å². The van der Waals surface area contributed by atoms with Crippen molar-refractivity contribution in [2.24, 2.45) is 0 Å². The monoisotopic (exact) mass is 261 g/mol. The lowest BCUT2D eigenvalue weighted by atomic mass is 10.1. The van der Waals surface area contributed by atoms with E-state index in [2.05, 4.69) is 10.3 Å². The molecule has 1 N–H and O–H groups in total. The number of nitrogens with one attached hydrogen (secondary N) is 1. The lowest BCUT2D eigenvalue weighted by molar-refractivity contribution is -0.384. The van der Waals surface area contributed by atoms with Crippen LogP contribution < -0.4 is 5.32 Å². The van der Waals surface area contributed by atoms with E-state index >= 15 is 0 Å². The maximum Gasteiger partial charge on any atom is 0.269 e. The van der Waals surface area contributed by atoms with Gasteiger partial charge in [0.05, 0.1) is 17.7 Å². The van der Waals surface area contributed by atoms with Gasteiger partial charge < -0.3 is 9.73 Å². The van der Waals surface area contributed by atoms with Crippen molar-refractivity contribution in [3.05, 3.63) is 57.8 Å². The third-order valence-corrected chi connectivity index (χ3v) is 2.83. The van der Waals surface area contributed by atoms with Crippen LogP contribution in [0.25, 0.3) is 0 Å². The second-order valence-corrected chi connectivity index (χ2v) is 4.32. The molecule has 0 radical (unpaired) electrons. The van der Waals surface area contributed by atoms with E-state index in [1.54, 1.807) is 18.3 Å². The Morgan fingerprint density at radius 1 is 1.42 bits per heavy atom. The summed E-state index contributed by atoms with van der Waals surface area (Å²) in [5.41, 5.74) is 1.08. The highest BCUT2D eigenvalue weighted by molar-refractivity contribution is 5.34. The van der Waals surface area contributed by atoms with Gasteiger partial charge in [-0.05, 0) is 19.4 Å². The molecule has 1 unspecified atom stereocenters. The number of hydrogen-bond donors (Lipinski definition) is 1. The van der Waals surface area contributed by atoms with Gasteiger partial charge in [-0.25, -0.2) is 4.98 Å². The number of oxazole rings is 1. The lowest BCUT2D eigenvalue weighted by Gasteiger charge is -2.12. The molecule has 1 aromatic heterocycles. The predicted molar refractivity (Wildman–Crippen MR) is 69.6 cm³/mol. The summed E-state index contributed by atoms with van der Waals surface area (Å²) >= 11 is 0. The van der Waals surface area contributed by atoms with Crippen LogP contribution in [0.3, 0.4) is 0 Å². The van der Waals surface area contributed by atoms with E-state index in [1.165, 1.54) is 12.1 Å². The van der Waals surface area contributed by atoms with Crippen LogP contribution in [0.1, 0.15) is 30.2 Å². The zero-order valence-corrected chi connectivity index (χ0v) is 10.8. The summed E-state index contributed by atoms with van der Waals surface area (Å²) in [7, 11) is 0. The number of rotatable bonds is 5. The van der Waals surface area contributed by atoms with Crippen molar-refractivity contribution >= 4 is 5.69 Å². The lowest BCUT2D eigenvalue weighted by Crippen LogP contribution is -2.18. The molecule has 0 saturated carbocycles. The smallest absolute Gasteiger partial charge is 0.269 e. The molecule has 19 heavy (non-hydrogen) atoms. The molecular formula is C13H15N3O3. The SMILES string of the molecule is Cc1cnc(CNC(C)c2ccc([N+](=O)[O-])cc2)o1. The number of nitro benzene ring substituents is 1. The Morgan fingerprint density at radius 3 is 2.63 bits per heavy atom. The highest BCUT2D eigenvalue weighted by atomic mass is 16.6. The first kappa shape index (κ1) is 13.2. The Morgan fingerprint density at radius 2 is 2.11 bits per heavy atom. The van der Waals surface area contributed by atoms with Gasteiger partial charge in [0.2, 0.25) is 5.89 Å². The van der Waals surface area contributed by atoms with Gasteiger partial charge in [0, 0.05) is 18.2 Å². The topological polar surface area (TPSA) is 81.2 Å². The molecular weight excluding hydrogens is 246 g/mol. The van der Waals surface area contributed by atoms with Gasteiger partial charge in [-0.3, -0.25) is 10.1 Å². The predicted octanol–water partition coefficient (Wildman–Crippen LogP) is 2.74. The minimum absolute atomic E-state index is 0.0630. The minimum Gasteiger partial charge on any atom is -0.445 e. The summed E-state index contributed by atoms with van der Waals surface area (Å²) in [6, 6.07) is 6.56. The summed E-state index contributed by atoms with van der Waals surface area (Å²) in [4.78, 5) is 14.3. The Balaban J connectivity index is 1.95. The number of aromatic nitrogens is 1. The maximum absolute atomic E-state index is 10.6. The average Bonchev–Trinajstić information content (AvgIpc) is 2.82. The van der Waals surface area contributed by atoms with Crippen LogP contribution in [0, 0.1) is 17.0 Å². The van der Waals surface area contributed by atoms with Crippen LogP contribution in [-0.4, -0.2) is 9.91 Å². The molecule has 0 aliphatic rings. The molecule has 0 fully saturated rings. The average molecular weight is 261 g/mol. The van der Waals surface area contributed by atoms with Gasteiger partial charge in [-0.15, -0.1) is 0 Å². The quantitative estimate of drug-likeness (QED) is 0.661. The van der Waals surface area contributed by atoms with E-state index in [9.17, 15) is 10.1 Å². The summed E-state index contributed by atoms with van der Waals surface area (Å²) in [5.74, 6) is 1.41. The molecule has 0 bridgehead atoms. The standard InChI is InChI=1S/C13H15N3O3/c1-9-7-15-13(19-9)8-14-10(2)11-3-5-12(6-4-11)16(17)18/h3-7,10,14H,8H2,1-2H3. The Labute approximate surface area is 110 Å². The second-order valence-electron chi connectivity index (χ2n) is 4.32. The van der Waals surface area contributed by atoms with Crippen molar-refractivity contribution in [2.75, 3.05) is 0 Å². The number of aryl methyl sites for hydroxylation is 1. The van der Waals surface area contributed by atoms with Crippen molar-refractivity contribution in [2.45, 2.75) is 26.4 Å². The molecule has 0 aliphatic heterocycles. The van der Waals surface area contributed by atoms with Crippen LogP contribution in [0.5, 0.6) is 0 Å². The molecule has 0 saturated heterocycles. The first-order valence-electron chi connectivity index (χ1n) is 5.95. The van der Waals surface area contributed by atoms with E-state index in [0.717, 1.165) is 11.3 Å². The van der Waals surface area contributed by atoms with Crippen LogP contribution in [0.4, 0.5) is 5.69 Å². The molecule has 1 atom stereocenters. The normalized spacial score (nSPS) is 12.3. The number of nitrogens with zero attached hydrogens (tertiary/aromatic N) is 2. The Hall–Kier alpha value is -2.21. The maximum atomic E-state index is 10.6. The van der Waals surface area contributed by atoms with Crippen molar-refractivity contribution in [3.63, 3.8) is 0 Å².